The smallest absolute Gasteiger partial charge is 0.201 e. The van der Waals surface area contributed by atoms with Crippen LogP contribution in [-0.4, -0.2) is 7.11 Å². The Morgan fingerprint density at radius 3 is 2.00 bits per heavy atom. The highest BCUT2D eigenvalue weighted by molar-refractivity contribution is 5.74. The van der Waals surface area contributed by atoms with Crippen molar-refractivity contribution in [2.24, 2.45) is 17.8 Å². The predicted octanol–water partition coefficient (Wildman–Crippen LogP) is 9.46. The van der Waals surface area contributed by atoms with Gasteiger partial charge in [0.05, 0.1) is 7.11 Å². The topological polar surface area (TPSA) is 9.23 Å². The highest BCUT2D eigenvalue weighted by Gasteiger charge is 2.28. The second kappa shape index (κ2) is 10.5. The van der Waals surface area contributed by atoms with Crippen molar-refractivity contribution in [3.05, 3.63) is 83.7 Å². The van der Waals surface area contributed by atoms with E-state index < -0.39 is 11.6 Å². The lowest BCUT2D eigenvalue weighted by atomic mass is 9.71. The maximum Gasteiger partial charge on any atom is 0.201 e. The minimum atomic E-state index is -1.01. The monoisotopic (exact) mass is 490 g/mol. The Morgan fingerprint density at radius 1 is 0.694 bits per heavy atom. The number of hydrogen-bond donors (Lipinski definition) is 0. The Labute approximate surface area is 212 Å². The summed E-state index contributed by atoms with van der Waals surface area (Å²) >= 11 is 0. The second-order valence-corrected chi connectivity index (χ2v) is 10.5. The maximum atomic E-state index is 15.2. The molecule has 5 rings (SSSR count). The van der Waals surface area contributed by atoms with Crippen LogP contribution in [0.15, 0.2) is 60.7 Å². The summed E-state index contributed by atoms with van der Waals surface area (Å²) in [7, 11) is 1.30. The van der Waals surface area contributed by atoms with Crippen molar-refractivity contribution in [2.45, 2.75) is 51.9 Å². The standard InChI is InChI=1S/C32H33F3O/c1-20-3-5-21(6-4-20)22-7-11-24(12-8-22)27-16-15-26(19-29(27)33)23-9-13-25(14-10-23)28-17-18-30(36-2)32(35)31(28)34/h9-11,13-22H,3-8,12H2,1-2H3. The molecule has 1 saturated carbocycles. The molecule has 1 unspecified atom stereocenters. The van der Waals surface area contributed by atoms with Gasteiger partial charge in [-0.1, -0.05) is 62.2 Å². The Morgan fingerprint density at radius 2 is 1.36 bits per heavy atom. The van der Waals surface area contributed by atoms with E-state index in [9.17, 15) is 8.78 Å². The van der Waals surface area contributed by atoms with Crippen LogP contribution in [0.25, 0.3) is 27.8 Å². The van der Waals surface area contributed by atoms with Gasteiger partial charge >= 0.3 is 0 Å². The van der Waals surface area contributed by atoms with Crippen LogP contribution in [0.5, 0.6) is 5.75 Å². The SMILES string of the molecule is COc1ccc(-c2ccc(-c3ccc(C4=CCC(C5CCC(C)CC5)CC4)c(F)c3)cc2)c(F)c1F. The minimum Gasteiger partial charge on any atom is -0.494 e. The predicted molar refractivity (Wildman–Crippen MR) is 140 cm³/mol. The zero-order valence-corrected chi connectivity index (χ0v) is 21.0. The summed E-state index contributed by atoms with van der Waals surface area (Å²) in [5.74, 6) is 0.146. The molecule has 2 aliphatic carbocycles. The van der Waals surface area contributed by atoms with E-state index in [0.717, 1.165) is 53.7 Å². The largest absolute Gasteiger partial charge is 0.494 e. The molecule has 0 aliphatic heterocycles. The van der Waals surface area contributed by atoms with Crippen molar-refractivity contribution >= 4 is 5.57 Å². The first kappa shape index (κ1) is 24.7. The van der Waals surface area contributed by atoms with Crippen molar-refractivity contribution in [1.82, 2.24) is 0 Å². The molecule has 2 aliphatic rings. The molecule has 0 spiro atoms. The average molecular weight is 491 g/mol. The lowest BCUT2D eigenvalue weighted by molar-refractivity contribution is 0.202. The lowest BCUT2D eigenvalue weighted by Crippen LogP contribution is -2.22. The number of ether oxygens (including phenoxy) is 1. The number of allylic oxidation sites excluding steroid dienone is 2. The molecule has 0 heterocycles. The van der Waals surface area contributed by atoms with Gasteiger partial charge in [0, 0.05) is 11.1 Å². The van der Waals surface area contributed by atoms with Crippen LogP contribution in [0.1, 0.15) is 57.4 Å². The molecule has 1 fully saturated rings. The Hall–Kier alpha value is -3.01. The van der Waals surface area contributed by atoms with Crippen molar-refractivity contribution in [2.75, 3.05) is 7.11 Å². The fourth-order valence-electron chi connectivity index (χ4n) is 5.99. The molecule has 1 nitrogen and oxygen atoms in total. The summed E-state index contributed by atoms with van der Waals surface area (Å²) in [4.78, 5) is 0. The fraction of sp³-hybridized carbons (Fsp3) is 0.375. The van der Waals surface area contributed by atoms with Crippen LogP contribution in [0, 0.1) is 35.2 Å². The van der Waals surface area contributed by atoms with Gasteiger partial charge in [-0.3, -0.25) is 0 Å². The van der Waals surface area contributed by atoms with Crippen LogP contribution in [-0.2, 0) is 0 Å². The molecule has 1 atom stereocenters. The molecule has 0 aromatic heterocycles. The molecule has 0 radical (unpaired) electrons. The number of halogens is 3. The first-order valence-electron chi connectivity index (χ1n) is 13.1. The zero-order chi connectivity index (χ0) is 25.2. The molecule has 0 amide bonds. The van der Waals surface area contributed by atoms with Gasteiger partial charge in [-0.2, -0.15) is 4.39 Å². The van der Waals surface area contributed by atoms with Gasteiger partial charge in [0.25, 0.3) is 0 Å². The normalized spacial score (nSPS) is 22.2. The van der Waals surface area contributed by atoms with E-state index in [4.69, 9.17) is 4.74 Å². The van der Waals surface area contributed by atoms with E-state index >= 15 is 4.39 Å². The highest BCUT2D eigenvalue weighted by Crippen LogP contribution is 2.42. The summed E-state index contributed by atoms with van der Waals surface area (Å²) in [6, 6.07) is 15.4. The van der Waals surface area contributed by atoms with Crippen molar-refractivity contribution in [3.63, 3.8) is 0 Å². The molecule has 4 heteroatoms. The third-order valence-electron chi connectivity index (χ3n) is 8.29. The summed E-state index contributed by atoms with van der Waals surface area (Å²) < 4.78 is 48.6. The first-order chi connectivity index (χ1) is 17.4. The molecular formula is C32H33F3O. The van der Waals surface area contributed by atoms with E-state index in [1.54, 1.807) is 30.3 Å². The summed E-state index contributed by atoms with van der Waals surface area (Å²) in [5, 5.41) is 0. The molecule has 3 aromatic carbocycles. The molecular weight excluding hydrogens is 457 g/mol. The average Bonchev–Trinajstić information content (AvgIpc) is 2.91. The van der Waals surface area contributed by atoms with E-state index in [-0.39, 0.29) is 17.1 Å². The van der Waals surface area contributed by atoms with Gasteiger partial charge < -0.3 is 4.74 Å². The van der Waals surface area contributed by atoms with Crippen molar-refractivity contribution < 1.29 is 17.9 Å². The fourth-order valence-corrected chi connectivity index (χ4v) is 5.99. The first-order valence-corrected chi connectivity index (χ1v) is 13.1. The number of benzene rings is 3. The van der Waals surface area contributed by atoms with Crippen LogP contribution >= 0.6 is 0 Å². The number of rotatable bonds is 5. The Bertz CT molecular complexity index is 1250. The van der Waals surface area contributed by atoms with Gasteiger partial charge in [-0.15, -0.1) is 0 Å². The van der Waals surface area contributed by atoms with Gasteiger partial charge in [-0.25, -0.2) is 8.78 Å². The summed E-state index contributed by atoms with van der Waals surface area (Å²) in [5.41, 5.74) is 4.10. The van der Waals surface area contributed by atoms with Gasteiger partial charge in [-0.05, 0) is 90.3 Å². The van der Waals surface area contributed by atoms with E-state index in [2.05, 4.69) is 13.0 Å². The van der Waals surface area contributed by atoms with E-state index in [0.29, 0.717) is 11.1 Å². The van der Waals surface area contributed by atoms with Crippen LogP contribution in [0.3, 0.4) is 0 Å². The van der Waals surface area contributed by atoms with E-state index in [1.165, 1.54) is 44.9 Å². The summed E-state index contributed by atoms with van der Waals surface area (Å²) in [6.07, 6.45) is 10.8. The van der Waals surface area contributed by atoms with Gasteiger partial charge in [0.15, 0.2) is 11.6 Å². The lowest BCUT2D eigenvalue weighted by Gasteiger charge is -2.34. The zero-order valence-electron chi connectivity index (χ0n) is 21.0. The van der Waals surface area contributed by atoms with Crippen LogP contribution in [0.4, 0.5) is 13.2 Å². The quantitative estimate of drug-likeness (QED) is 0.346. The molecule has 0 saturated heterocycles. The molecule has 0 bridgehead atoms. The second-order valence-electron chi connectivity index (χ2n) is 10.5. The molecule has 0 N–H and O–H groups in total. The van der Waals surface area contributed by atoms with Crippen molar-refractivity contribution in [1.29, 1.82) is 0 Å². The van der Waals surface area contributed by atoms with Gasteiger partial charge in [0.1, 0.15) is 5.82 Å². The Kier molecular flexibility index (Phi) is 7.22. The maximum absolute atomic E-state index is 15.2. The van der Waals surface area contributed by atoms with Gasteiger partial charge in [0.2, 0.25) is 5.82 Å². The highest BCUT2D eigenvalue weighted by atomic mass is 19.2. The third-order valence-corrected chi connectivity index (χ3v) is 8.29. The third kappa shape index (κ3) is 4.96. The van der Waals surface area contributed by atoms with Crippen LogP contribution < -0.4 is 4.74 Å². The number of hydrogen-bond acceptors (Lipinski definition) is 1. The number of methoxy groups -OCH3 is 1. The van der Waals surface area contributed by atoms with Crippen molar-refractivity contribution in [3.8, 4) is 28.0 Å². The summed E-state index contributed by atoms with van der Waals surface area (Å²) in [6.45, 7) is 2.36. The Balaban J connectivity index is 1.30. The molecule has 3 aromatic rings. The van der Waals surface area contributed by atoms with E-state index in [1.807, 2.05) is 12.1 Å². The minimum absolute atomic E-state index is 0.129. The molecule has 188 valence electrons. The van der Waals surface area contributed by atoms with Crippen LogP contribution in [0.2, 0.25) is 0 Å². The molecule has 36 heavy (non-hydrogen) atoms.